The number of aliphatic hydroxyl groups excluding tert-OH is 1. The Morgan fingerprint density at radius 2 is 2.12 bits per heavy atom. The summed E-state index contributed by atoms with van der Waals surface area (Å²) >= 11 is 0. The van der Waals surface area contributed by atoms with Crippen LogP contribution in [0, 0.1) is 10.1 Å². The van der Waals surface area contributed by atoms with E-state index in [0.29, 0.717) is 5.56 Å². The molecule has 7 heteroatoms. The number of aliphatic hydroxyl groups is 1. The number of hydrogen-bond donors (Lipinski definition) is 1. The van der Waals surface area contributed by atoms with Gasteiger partial charge < -0.3 is 5.11 Å². The van der Waals surface area contributed by atoms with Crippen molar-refractivity contribution in [3.8, 4) is 0 Å². The number of hydrogen-bond acceptors (Lipinski definition) is 5. The molecule has 0 aliphatic heterocycles. The molecule has 16 heavy (non-hydrogen) atoms. The summed E-state index contributed by atoms with van der Waals surface area (Å²) in [6.45, 7) is 1.49. The van der Waals surface area contributed by atoms with Crippen molar-refractivity contribution in [2.24, 2.45) is 0 Å². The number of rotatable bonds is 4. The Labute approximate surface area is 92.6 Å². The first-order chi connectivity index (χ1) is 7.33. The van der Waals surface area contributed by atoms with E-state index in [0.717, 1.165) is 0 Å². The van der Waals surface area contributed by atoms with Crippen LogP contribution in [0.25, 0.3) is 0 Å². The molecule has 0 spiro atoms. The molecule has 0 saturated heterocycles. The third-order valence-electron chi connectivity index (χ3n) is 1.97. The van der Waals surface area contributed by atoms with Gasteiger partial charge in [0.25, 0.3) is 0 Å². The molecular formula is C9H11NO5S. The molecule has 0 heterocycles. The lowest BCUT2D eigenvalue weighted by atomic mass is 10.1. The lowest BCUT2D eigenvalue weighted by molar-refractivity contribution is -0.458. The molecule has 1 unspecified atom stereocenters. The third kappa shape index (κ3) is 3.01. The second-order valence-electron chi connectivity index (χ2n) is 3.33. The van der Waals surface area contributed by atoms with Crippen LogP contribution < -0.4 is 0 Å². The maximum Gasteiger partial charge on any atom is 0.305 e. The standard InChI is InChI=1S/C9H11NO5S/c1-7(11)8-3-2-4-9(5-8)16(14,15)6-10(12)13/h2-5,7,11H,6H2,1H3. The minimum Gasteiger partial charge on any atom is -0.389 e. The first-order valence-electron chi connectivity index (χ1n) is 4.45. The topological polar surface area (TPSA) is 97.5 Å². The maximum absolute atomic E-state index is 11.5. The summed E-state index contributed by atoms with van der Waals surface area (Å²) in [4.78, 5) is 9.14. The second-order valence-corrected chi connectivity index (χ2v) is 5.28. The summed E-state index contributed by atoms with van der Waals surface area (Å²) in [5.74, 6) is -1.14. The summed E-state index contributed by atoms with van der Waals surface area (Å²) < 4.78 is 23.0. The highest BCUT2D eigenvalue weighted by atomic mass is 32.2. The van der Waals surface area contributed by atoms with Crippen LogP contribution in [-0.2, 0) is 9.84 Å². The Morgan fingerprint density at radius 3 is 2.62 bits per heavy atom. The largest absolute Gasteiger partial charge is 0.389 e. The lowest BCUT2D eigenvalue weighted by Crippen LogP contribution is -2.14. The van der Waals surface area contributed by atoms with Crippen molar-refractivity contribution < 1.29 is 18.4 Å². The average molecular weight is 245 g/mol. The fourth-order valence-corrected chi connectivity index (χ4v) is 2.21. The molecule has 0 amide bonds. The predicted molar refractivity (Wildman–Crippen MR) is 56.1 cm³/mol. The summed E-state index contributed by atoms with van der Waals surface area (Å²) in [6, 6.07) is 5.50. The van der Waals surface area contributed by atoms with Crippen molar-refractivity contribution in [3.05, 3.63) is 39.9 Å². The Balaban J connectivity index is 3.14. The van der Waals surface area contributed by atoms with Crippen LogP contribution in [0.3, 0.4) is 0 Å². The van der Waals surface area contributed by atoms with Crippen LogP contribution in [-0.4, -0.2) is 24.3 Å². The van der Waals surface area contributed by atoms with E-state index >= 15 is 0 Å². The normalized spacial score (nSPS) is 13.4. The maximum atomic E-state index is 11.5. The summed E-state index contributed by atoms with van der Waals surface area (Å²) in [5.41, 5.74) is 0.407. The van der Waals surface area contributed by atoms with Gasteiger partial charge in [0, 0.05) is 4.92 Å². The number of benzene rings is 1. The zero-order chi connectivity index (χ0) is 12.3. The van der Waals surface area contributed by atoms with Gasteiger partial charge in [-0.25, -0.2) is 8.42 Å². The van der Waals surface area contributed by atoms with Crippen molar-refractivity contribution in [2.75, 3.05) is 5.88 Å². The van der Waals surface area contributed by atoms with Gasteiger partial charge in [-0.1, -0.05) is 12.1 Å². The number of sulfone groups is 1. The van der Waals surface area contributed by atoms with Crippen LogP contribution in [0.15, 0.2) is 29.2 Å². The van der Waals surface area contributed by atoms with E-state index in [9.17, 15) is 23.6 Å². The molecular weight excluding hydrogens is 234 g/mol. The highest BCUT2D eigenvalue weighted by Gasteiger charge is 2.21. The first kappa shape index (κ1) is 12.6. The smallest absolute Gasteiger partial charge is 0.305 e. The molecule has 1 aromatic rings. The minimum atomic E-state index is -3.93. The zero-order valence-electron chi connectivity index (χ0n) is 8.53. The Kier molecular flexibility index (Phi) is 3.61. The molecule has 1 atom stereocenters. The van der Waals surface area contributed by atoms with Crippen LogP contribution in [0.4, 0.5) is 0 Å². The quantitative estimate of drug-likeness (QED) is 0.623. The lowest BCUT2D eigenvalue weighted by Gasteiger charge is -2.06. The molecule has 0 radical (unpaired) electrons. The van der Waals surface area contributed by atoms with Crippen molar-refractivity contribution in [1.29, 1.82) is 0 Å². The van der Waals surface area contributed by atoms with Crippen molar-refractivity contribution in [1.82, 2.24) is 0 Å². The van der Waals surface area contributed by atoms with Gasteiger partial charge >= 0.3 is 5.88 Å². The van der Waals surface area contributed by atoms with Gasteiger partial charge in [0.2, 0.25) is 9.84 Å². The zero-order valence-corrected chi connectivity index (χ0v) is 9.35. The first-order valence-corrected chi connectivity index (χ1v) is 6.11. The summed E-state index contributed by atoms with van der Waals surface area (Å²) in [6.07, 6.45) is -0.814. The van der Waals surface area contributed by atoms with E-state index in [2.05, 4.69) is 0 Å². The van der Waals surface area contributed by atoms with Gasteiger partial charge in [0.05, 0.1) is 11.0 Å². The Bertz CT molecular complexity index is 494. The van der Waals surface area contributed by atoms with Gasteiger partial charge in [0.15, 0.2) is 0 Å². The van der Waals surface area contributed by atoms with Crippen LogP contribution in [0.2, 0.25) is 0 Å². The van der Waals surface area contributed by atoms with Gasteiger partial charge in [-0.15, -0.1) is 0 Å². The molecule has 1 rings (SSSR count). The highest BCUT2D eigenvalue weighted by Crippen LogP contribution is 2.18. The Hall–Kier alpha value is -1.47. The molecule has 6 nitrogen and oxygen atoms in total. The number of nitrogens with zero attached hydrogens (tertiary/aromatic N) is 1. The van der Waals surface area contributed by atoms with Crippen LogP contribution >= 0.6 is 0 Å². The fourth-order valence-electron chi connectivity index (χ4n) is 1.18. The van der Waals surface area contributed by atoms with E-state index in [1.54, 1.807) is 6.07 Å². The SMILES string of the molecule is CC(O)c1cccc(S(=O)(=O)C[N+](=O)[O-])c1. The van der Waals surface area contributed by atoms with E-state index in [1.165, 1.54) is 25.1 Å². The van der Waals surface area contributed by atoms with E-state index in [-0.39, 0.29) is 4.90 Å². The molecule has 1 N–H and O–H groups in total. The molecule has 0 aromatic heterocycles. The second kappa shape index (κ2) is 4.58. The molecule has 0 saturated carbocycles. The summed E-state index contributed by atoms with van der Waals surface area (Å²) in [7, 11) is -3.93. The van der Waals surface area contributed by atoms with Gasteiger partial charge in [-0.05, 0) is 24.6 Å². The highest BCUT2D eigenvalue weighted by molar-refractivity contribution is 7.91. The van der Waals surface area contributed by atoms with Gasteiger partial charge in [0.1, 0.15) is 0 Å². The summed E-state index contributed by atoms with van der Waals surface area (Å²) in [5, 5.41) is 19.5. The molecule has 88 valence electrons. The van der Waals surface area contributed by atoms with Crippen molar-refractivity contribution >= 4 is 9.84 Å². The molecule has 1 aromatic carbocycles. The predicted octanol–water partition coefficient (Wildman–Crippen LogP) is 0.748. The fraction of sp³-hybridized carbons (Fsp3) is 0.333. The van der Waals surface area contributed by atoms with Gasteiger partial charge in [-0.2, -0.15) is 0 Å². The Morgan fingerprint density at radius 1 is 1.50 bits per heavy atom. The molecule has 0 aliphatic rings. The molecule has 0 bridgehead atoms. The van der Waals surface area contributed by atoms with Crippen molar-refractivity contribution in [2.45, 2.75) is 17.9 Å². The number of nitro groups is 1. The van der Waals surface area contributed by atoms with Crippen LogP contribution in [0.1, 0.15) is 18.6 Å². The van der Waals surface area contributed by atoms with Gasteiger partial charge in [-0.3, -0.25) is 10.1 Å². The van der Waals surface area contributed by atoms with Crippen molar-refractivity contribution in [3.63, 3.8) is 0 Å². The molecule has 0 fully saturated rings. The van der Waals surface area contributed by atoms with E-state index < -0.39 is 26.7 Å². The van der Waals surface area contributed by atoms with E-state index in [4.69, 9.17) is 0 Å². The average Bonchev–Trinajstić information content (AvgIpc) is 2.16. The van der Waals surface area contributed by atoms with Crippen LogP contribution in [0.5, 0.6) is 0 Å². The third-order valence-corrected chi connectivity index (χ3v) is 3.50. The molecule has 0 aliphatic carbocycles. The van der Waals surface area contributed by atoms with E-state index in [1.807, 2.05) is 0 Å². The minimum absolute atomic E-state index is 0.150. The monoisotopic (exact) mass is 245 g/mol.